The van der Waals surface area contributed by atoms with Crippen LogP contribution in [0.1, 0.15) is 44.7 Å². The van der Waals surface area contributed by atoms with Crippen LogP contribution in [0.15, 0.2) is 30.3 Å². The second kappa shape index (κ2) is 5.08. The molecule has 1 aliphatic carbocycles. The van der Waals surface area contributed by atoms with E-state index in [1.165, 1.54) is 0 Å². The first-order valence-electron chi connectivity index (χ1n) is 8.89. The Morgan fingerprint density at radius 1 is 0.962 bits per heavy atom. The lowest BCUT2D eigenvalue weighted by molar-refractivity contribution is 0.0980. The molecule has 6 nitrogen and oxygen atoms in total. The molecule has 2 aromatic carbocycles. The topological polar surface area (TPSA) is 87.5 Å². The van der Waals surface area contributed by atoms with E-state index in [0.29, 0.717) is 27.9 Å². The number of hydrogen-bond donors (Lipinski definition) is 3. The Balaban J connectivity index is 1.64. The molecule has 1 spiro atoms. The number of nitrogens with two attached hydrogens (primary N) is 1. The molecule has 0 radical (unpaired) electrons. The minimum absolute atomic E-state index is 0.143. The molecule has 132 valence electrons. The maximum atomic E-state index is 13.2. The molecule has 1 saturated heterocycles. The molecule has 2 heterocycles. The summed E-state index contributed by atoms with van der Waals surface area (Å²) < 4.78 is 0. The Kier molecular flexibility index (Phi) is 3.01. The highest BCUT2D eigenvalue weighted by molar-refractivity contribution is 6.32. The van der Waals surface area contributed by atoms with Gasteiger partial charge in [-0.25, -0.2) is 0 Å². The third-order valence-electron chi connectivity index (χ3n) is 5.82. The van der Waals surface area contributed by atoms with Crippen molar-refractivity contribution in [2.45, 2.75) is 18.5 Å². The predicted molar refractivity (Wildman–Crippen MR) is 101 cm³/mol. The zero-order valence-corrected chi connectivity index (χ0v) is 14.6. The van der Waals surface area contributed by atoms with E-state index in [1.807, 2.05) is 6.07 Å². The van der Waals surface area contributed by atoms with Crippen LogP contribution in [0.2, 0.25) is 0 Å². The van der Waals surface area contributed by atoms with Gasteiger partial charge in [-0.15, -0.1) is 0 Å². The number of nitrogens with one attached hydrogen (secondary N) is 2. The molecule has 2 aliphatic heterocycles. The molecule has 0 amide bonds. The van der Waals surface area contributed by atoms with Gasteiger partial charge in [0, 0.05) is 42.7 Å². The van der Waals surface area contributed by atoms with E-state index in [4.69, 9.17) is 5.73 Å². The number of piperidine rings is 1. The molecule has 6 heteroatoms. The van der Waals surface area contributed by atoms with E-state index in [-0.39, 0.29) is 17.2 Å². The average molecular weight is 348 g/mol. The number of anilines is 3. The molecule has 0 saturated carbocycles. The fraction of sp³-hybridized carbons (Fsp3) is 0.300. The predicted octanol–water partition coefficient (Wildman–Crippen LogP) is 2.30. The van der Waals surface area contributed by atoms with E-state index in [9.17, 15) is 9.59 Å². The lowest BCUT2D eigenvalue weighted by Crippen LogP contribution is -2.50. The maximum Gasteiger partial charge on any atom is 0.198 e. The van der Waals surface area contributed by atoms with Gasteiger partial charge in [0.1, 0.15) is 5.66 Å². The van der Waals surface area contributed by atoms with Crippen LogP contribution in [-0.2, 0) is 0 Å². The van der Waals surface area contributed by atoms with Crippen LogP contribution in [0.25, 0.3) is 0 Å². The second-order valence-electron chi connectivity index (χ2n) is 7.47. The first-order chi connectivity index (χ1) is 12.5. The van der Waals surface area contributed by atoms with Crippen LogP contribution in [0.5, 0.6) is 0 Å². The SMILES string of the molecule is CN1CCC2(CC1)Nc1ccc3c(c1N2)C(=O)c1c(N)cccc1C3=O. The van der Waals surface area contributed by atoms with Crippen molar-refractivity contribution in [2.75, 3.05) is 36.5 Å². The number of hydrogen-bond acceptors (Lipinski definition) is 6. The number of benzene rings is 2. The van der Waals surface area contributed by atoms with Gasteiger partial charge < -0.3 is 21.3 Å². The van der Waals surface area contributed by atoms with Crippen LogP contribution in [0.3, 0.4) is 0 Å². The van der Waals surface area contributed by atoms with Crippen LogP contribution < -0.4 is 16.4 Å². The summed E-state index contributed by atoms with van der Waals surface area (Å²) >= 11 is 0. The first kappa shape index (κ1) is 15.4. The quantitative estimate of drug-likeness (QED) is 0.541. The fourth-order valence-electron chi connectivity index (χ4n) is 4.32. The van der Waals surface area contributed by atoms with Gasteiger partial charge in [0.05, 0.1) is 22.5 Å². The molecule has 5 rings (SSSR count). The summed E-state index contributed by atoms with van der Waals surface area (Å²) in [4.78, 5) is 28.5. The Morgan fingerprint density at radius 2 is 1.69 bits per heavy atom. The monoisotopic (exact) mass is 348 g/mol. The maximum absolute atomic E-state index is 13.2. The zero-order chi connectivity index (χ0) is 18.1. The fourth-order valence-corrected chi connectivity index (χ4v) is 4.32. The molecule has 3 aliphatic rings. The third kappa shape index (κ3) is 1.96. The van der Waals surface area contributed by atoms with Gasteiger partial charge >= 0.3 is 0 Å². The van der Waals surface area contributed by atoms with Gasteiger partial charge in [-0.05, 0) is 25.2 Å². The average Bonchev–Trinajstić information content (AvgIpc) is 3.00. The minimum atomic E-state index is -0.254. The van der Waals surface area contributed by atoms with E-state index in [2.05, 4.69) is 22.6 Å². The molecule has 2 aromatic rings. The lowest BCUT2D eigenvalue weighted by atomic mass is 9.82. The summed E-state index contributed by atoms with van der Waals surface area (Å²) in [5.74, 6) is -0.320. The molecule has 26 heavy (non-hydrogen) atoms. The molecule has 0 bridgehead atoms. The number of likely N-dealkylation sites (tertiary alicyclic amines) is 1. The Hall–Kier alpha value is -2.86. The highest BCUT2D eigenvalue weighted by Crippen LogP contribution is 2.45. The largest absolute Gasteiger partial charge is 0.398 e. The van der Waals surface area contributed by atoms with Gasteiger partial charge in [-0.1, -0.05) is 12.1 Å². The summed E-state index contributed by atoms with van der Waals surface area (Å²) in [6.45, 7) is 1.94. The van der Waals surface area contributed by atoms with Crippen molar-refractivity contribution in [1.82, 2.24) is 4.90 Å². The number of fused-ring (bicyclic) bond motifs is 4. The van der Waals surface area contributed by atoms with Gasteiger partial charge in [0.25, 0.3) is 0 Å². The Labute approximate surface area is 151 Å². The van der Waals surface area contributed by atoms with E-state index in [1.54, 1.807) is 24.3 Å². The Morgan fingerprint density at radius 3 is 2.46 bits per heavy atom. The summed E-state index contributed by atoms with van der Waals surface area (Å²) in [6.07, 6.45) is 1.85. The molecular formula is C20H20N4O2. The number of carbonyl (C=O) groups excluding carboxylic acids is 2. The zero-order valence-electron chi connectivity index (χ0n) is 14.6. The first-order valence-corrected chi connectivity index (χ1v) is 8.89. The van der Waals surface area contributed by atoms with Crippen LogP contribution in [0, 0.1) is 0 Å². The number of carbonyl (C=O) groups is 2. The molecule has 0 aromatic heterocycles. The molecule has 1 fully saturated rings. The second-order valence-corrected chi connectivity index (χ2v) is 7.47. The van der Waals surface area contributed by atoms with E-state index >= 15 is 0 Å². The van der Waals surface area contributed by atoms with Crippen molar-refractivity contribution < 1.29 is 9.59 Å². The molecular weight excluding hydrogens is 328 g/mol. The number of nitrogens with zero attached hydrogens (tertiary/aromatic N) is 1. The van der Waals surface area contributed by atoms with Crippen molar-refractivity contribution in [3.8, 4) is 0 Å². The molecule has 0 atom stereocenters. The van der Waals surface area contributed by atoms with Crippen molar-refractivity contribution >= 4 is 28.6 Å². The standard InChI is InChI=1S/C20H20N4O2/c1-24-9-7-20(8-10-24)22-14-6-5-12-16(17(14)23-20)19(26)15-11(18(12)25)3-2-4-13(15)21/h2-6,22-23H,7-10,21H2,1H3. The van der Waals surface area contributed by atoms with Crippen LogP contribution in [0.4, 0.5) is 17.1 Å². The molecule has 4 N–H and O–H groups in total. The highest BCUT2D eigenvalue weighted by Gasteiger charge is 2.43. The summed E-state index contributed by atoms with van der Waals surface area (Å²) in [6, 6.07) is 8.71. The summed E-state index contributed by atoms with van der Waals surface area (Å²) in [5, 5.41) is 7.11. The number of ketones is 2. The van der Waals surface area contributed by atoms with E-state index in [0.717, 1.165) is 37.3 Å². The Bertz CT molecular complexity index is 974. The van der Waals surface area contributed by atoms with Crippen LogP contribution in [-0.4, -0.2) is 42.3 Å². The van der Waals surface area contributed by atoms with Crippen molar-refractivity contribution in [3.63, 3.8) is 0 Å². The van der Waals surface area contributed by atoms with Crippen molar-refractivity contribution in [1.29, 1.82) is 0 Å². The normalized spacial score (nSPS) is 20.2. The van der Waals surface area contributed by atoms with Gasteiger partial charge in [0.2, 0.25) is 0 Å². The van der Waals surface area contributed by atoms with Crippen LogP contribution >= 0.6 is 0 Å². The summed E-state index contributed by atoms with van der Waals surface area (Å²) in [5.41, 5.74) is 9.36. The minimum Gasteiger partial charge on any atom is -0.398 e. The number of rotatable bonds is 0. The molecule has 0 unspecified atom stereocenters. The van der Waals surface area contributed by atoms with Gasteiger partial charge in [-0.2, -0.15) is 0 Å². The third-order valence-corrected chi connectivity index (χ3v) is 5.82. The lowest BCUT2D eigenvalue weighted by Gasteiger charge is -2.38. The smallest absolute Gasteiger partial charge is 0.198 e. The van der Waals surface area contributed by atoms with Gasteiger partial charge in [-0.3, -0.25) is 9.59 Å². The van der Waals surface area contributed by atoms with Crippen molar-refractivity contribution in [3.05, 3.63) is 52.6 Å². The van der Waals surface area contributed by atoms with Gasteiger partial charge in [0.15, 0.2) is 11.6 Å². The van der Waals surface area contributed by atoms with E-state index < -0.39 is 0 Å². The number of nitrogen functional groups attached to an aromatic ring is 1. The van der Waals surface area contributed by atoms with Crippen molar-refractivity contribution in [2.24, 2.45) is 0 Å². The summed E-state index contributed by atoms with van der Waals surface area (Å²) in [7, 11) is 2.11. The highest BCUT2D eigenvalue weighted by atomic mass is 16.1.